The third-order valence-corrected chi connectivity index (χ3v) is 4.78. The highest BCUT2D eigenvalue weighted by Crippen LogP contribution is 2.34. The minimum atomic E-state index is -1.01. The standard InChI is InChI=1S/C18H16FNO7S/c1-9-13(17(23)25-2)15(28-14(9)18(24)26-3)20-12(21)8-27-16(22)10-6-4-5-7-11(10)19/h4-7H,8H2,1-3H3,(H,20,21). The van der Waals surface area contributed by atoms with Gasteiger partial charge >= 0.3 is 17.9 Å². The number of ether oxygens (including phenoxy) is 3. The first-order chi connectivity index (χ1) is 13.3. The molecule has 0 aliphatic rings. The third kappa shape index (κ3) is 4.52. The number of halogens is 1. The Bertz CT molecular complexity index is 938. The van der Waals surface area contributed by atoms with Crippen molar-refractivity contribution in [2.24, 2.45) is 0 Å². The van der Waals surface area contributed by atoms with Crippen molar-refractivity contribution >= 4 is 40.2 Å². The predicted molar refractivity (Wildman–Crippen MR) is 97.0 cm³/mol. The number of thiophene rings is 1. The minimum absolute atomic E-state index is 0.0123. The van der Waals surface area contributed by atoms with E-state index in [9.17, 15) is 23.6 Å². The fourth-order valence-corrected chi connectivity index (χ4v) is 3.36. The summed E-state index contributed by atoms with van der Waals surface area (Å²) in [5.41, 5.74) is -0.0467. The smallest absolute Gasteiger partial charge is 0.348 e. The van der Waals surface area contributed by atoms with E-state index in [-0.39, 0.29) is 26.6 Å². The molecule has 0 bridgehead atoms. The molecule has 1 aromatic heterocycles. The van der Waals surface area contributed by atoms with Gasteiger partial charge in [-0.1, -0.05) is 12.1 Å². The summed E-state index contributed by atoms with van der Waals surface area (Å²) in [6.45, 7) is 0.779. The quantitative estimate of drug-likeness (QED) is 0.577. The Balaban J connectivity index is 2.15. The van der Waals surface area contributed by atoms with Crippen molar-refractivity contribution in [2.45, 2.75) is 6.92 Å². The zero-order chi connectivity index (χ0) is 20.8. The molecule has 1 heterocycles. The number of methoxy groups -OCH3 is 2. The van der Waals surface area contributed by atoms with Gasteiger partial charge in [-0.15, -0.1) is 11.3 Å². The van der Waals surface area contributed by atoms with Gasteiger partial charge in [-0.05, 0) is 24.6 Å². The van der Waals surface area contributed by atoms with Crippen LogP contribution in [-0.4, -0.2) is 44.6 Å². The van der Waals surface area contributed by atoms with Gasteiger partial charge < -0.3 is 19.5 Å². The van der Waals surface area contributed by atoms with Crippen molar-refractivity contribution in [3.8, 4) is 0 Å². The Kier molecular flexibility index (Phi) is 6.83. The van der Waals surface area contributed by atoms with Crippen LogP contribution in [0.25, 0.3) is 0 Å². The largest absolute Gasteiger partial charge is 0.465 e. The molecule has 0 saturated carbocycles. The fraction of sp³-hybridized carbons (Fsp3) is 0.222. The van der Waals surface area contributed by atoms with Gasteiger partial charge in [0.1, 0.15) is 15.7 Å². The maximum atomic E-state index is 13.6. The number of anilines is 1. The number of rotatable bonds is 6. The van der Waals surface area contributed by atoms with Crippen molar-refractivity contribution in [3.63, 3.8) is 0 Å². The molecule has 8 nitrogen and oxygen atoms in total. The zero-order valence-corrected chi connectivity index (χ0v) is 16.0. The summed E-state index contributed by atoms with van der Waals surface area (Å²) >= 11 is 0.816. The van der Waals surface area contributed by atoms with Crippen LogP contribution < -0.4 is 5.32 Å². The van der Waals surface area contributed by atoms with Gasteiger partial charge in [0, 0.05) is 0 Å². The molecule has 10 heteroatoms. The predicted octanol–water partition coefficient (Wildman–Crippen LogP) is 2.56. The van der Waals surface area contributed by atoms with Crippen LogP contribution in [0.1, 0.15) is 36.0 Å². The summed E-state index contributed by atoms with van der Waals surface area (Å²) in [6.07, 6.45) is 0. The van der Waals surface area contributed by atoms with Gasteiger partial charge in [0.15, 0.2) is 6.61 Å². The van der Waals surface area contributed by atoms with Crippen LogP contribution in [0, 0.1) is 12.7 Å². The first-order valence-corrected chi connectivity index (χ1v) is 8.63. The molecule has 0 radical (unpaired) electrons. The Morgan fingerprint density at radius 2 is 1.68 bits per heavy atom. The monoisotopic (exact) mass is 409 g/mol. The van der Waals surface area contributed by atoms with Crippen LogP contribution in [0.2, 0.25) is 0 Å². The highest BCUT2D eigenvalue weighted by Gasteiger charge is 2.27. The van der Waals surface area contributed by atoms with E-state index in [1.807, 2.05) is 0 Å². The molecule has 28 heavy (non-hydrogen) atoms. The van der Waals surface area contributed by atoms with E-state index < -0.39 is 36.2 Å². The SMILES string of the molecule is COC(=O)c1sc(NC(=O)COC(=O)c2ccccc2F)c(C(=O)OC)c1C. The first kappa shape index (κ1) is 21.0. The van der Waals surface area contributed by atoms with Crippen molar-refractivity contribution in [3.05, 3.63) is 51.7 Å². The molecule has 148 valence electrons. The van der Waals surface area contributed by atoms with E-state index in [2.05, 4.69) is 14.8 Å². The number of amides is 1. The number of benzene rings is 1. The van der Waals surface area contributed by atoms with Crippen molar-refractivity contribution in [1.29, 1.82) is 0 Å². The lowest BCUT2D eigenvalue weighted by atomic mass is 10.1. The number of hydrogen-bond acceptors (Lipinski definition) is 8. The maximum absolute atomic E-state index is 13.6. The number of hydrogen-bond donors (Lipinski definition) is 1. The van der Waals surface area contributed by atoms with Crippen LogP contribution in [0.4, 0.5) is 9.39 Å². The number of esters is 3. The minimum Gasteiger partial charge on any atom is -0.465 e. The highest BCUT2D eigenvalue weighted by atomic mass is 32.1. The summed E-state index contributed by atoms with van der Waals surface area (Å²) in [4.78, 5) is 47.9. The molecule has 1 amide bonds. The van der Waals surface area contributed by atoms with E-state index in [1.165, 1.54) is 32.2 Å². The molecule has 2 rings (SSSR count). The summed E-state index contributed by atoms with van der Waals surface area (Å²) < 4.78 is 27.7. The van der Waals surface area contributed by atoms with Gasteiger partial charge in [0.05, 0.1) is 25.3 Å². The highest BCUT2D eigenvalue weighted by molar-refractivity contribution is 7.18. The Morgan fingerprint density at radius 3 is 2.29 bits per heavy atom. The van der Waals surface area contributed by atoms with E-state index in [4.69, 9.17) is 4.74 Å². The Morgan fingerprint density at radius 1 is 1.04 bits per heavy atom. The molecular weight excluding hydrogens is 393 g/mol. The number of carbonyl (C=O) groups is 4. The number of nitrogens with one attached hydrogen (secondary N) is 1. The lowest BCUT2D eigenvalue weighted by Gasteiger charge is -2.07. The van der Waals surface area contributed by atoms with Crippen LogP contribution in [0.3, 0.4) is 0 Å². The third-order valence-electron chi connectivity index (χ3n) is 3.59. The second-order valence-corrected chi connectivity index (χ2v) is 6.37. The lowest BCUT2D eigenvalue weighted by molar-refractivity contribution is -0.119. The van der Waals surface area contributed by atoms with Gasteiger partial charge in [-0.25, -0.2) is 18.8 Å². The van der Waals surface area contributed by atoms with Gasteiger partial charge in [-0.3, -0.25) is 4.79 Å². The summed E-state index contributed by atoms with van der Waals surface area (Å²) in [5.74, 6) is -4.02. The van der Waals surface area contributed by atoms with E-state index in [0.717, 1.165) is 24.5 Å². The van der Waals surface area contributed by atoms with Crippen molar-refractivity contribution in [2.75, 3.05) is 26.1 Å². The summed E-state index contributed by atoms with van der Waals surface area (Å²) in [6, 6.07) is 5.16. The van der Waals surface area contributed by atoms with E-state index >= 15 is 0 Å². The van der Waals surface area contributed by atoms with Crippen LogP contribution >= 0.6 is 11.3 Å². The zero-order valence-electron chi connectivity index (χ0n) is 15.2. The van der Waals surface area contributed by atoms with Crippen molar-refractivity contribution in [1.82, 2.24) is 0 Å². The first-order valence-electron chi connectivity index (χ1n) is 7.81. The molecule has 0 aliphatic heterocycles. The molecule has 0 fully saturated rings. The second-order valence-electron chi connectivity index (χ2n) is 5.35. The second kappa shape index (κ2) is 9.09. The van der Waals surface area contributed by atoms with Crippen LogP contribution in [0.15, 0.2) is 24.3 Å². The molecule has 1 N–H and O–H groups in total. The van der Waals surface area contributed by atoms with E-state index in [0.29, 0.717) is 0 Å². The topological polar surface area (TPSA) is 108 Å². The van der Waals surface area contributed by atoms with Crippen LogP contribution in [-0.2, 0) is 19.0 Å². The van der Waals surface area contributed by atoms with Gasteiger partial charge in [0.2, 0.25) is 0 Å². The molecule has 1 aromatic carbocycles. The molecule has 2 aromatic rings. The molecule has 0 aliphatic carbocycles. The normalized spacial score (nSPS) is 10.1. The average Bonchev–Trinajstić information content (AvgIpc) is 3.01. The van der Waals surface area contributed by atoms with Gasteiger partial charge in [-0.2, -0.15) is 0 Å². The van der Waals surface area contributed by atoms with E-state index in [1.54, 1.807) is 0 Å². The lowest BCUT2D eigenvalue weighted by Crippen LogP contribution is -2.22. The maximum Gasteiger partial charge on any atom is 0.348 e. The van der Waals surface area contributed by atoms with Crippen LogP contribution in [0.5, 0.6) is 0 Å². The number of carbonyl (C=O) groups excluding carboxylic acids is 4. The molecular formula is C18H16FNO7S. The van der Waals surface area contributed by atoms with Crippen molar-refractivity contribution < 1.29 is 37.8 Å². The Labute approximate surface area is 163 Å². The molecule has 0 spiro atoms. The summed E-state index contributed by atoms with van der Waals surface area (Å²) in [5, 5.41) is 2.43. The molecule has 0 unspecified atom stereocenters. The Hall–Kier alpha value is -3.27. The van der Waals surface area contributed by atoms with Gasteiger partial charge in [0.25, 0.3) is 5.91 Å². The summed E-state index contributed by atoms with van der Waals surface area (Å²) in [7, 11) is 2.33. The average molecular weight is 409 g/mol. The molecule has 0 saturated heterocycles. The fourth-order valence-electron chi connectivity index (χ4n) is 2.24. The molecule has 0 atom stereocenters.